The Hall–Kier alpha value is -3.21. The van der Waals surface area contributed by atoms with Crippen LogP contribution in [-0.4, -0.2) is 19.8 Å². The van der Waals surface area contributed by atoms with Crippen molar-refractivity contribution in [2.75, 3.05) is 13.9 Å². The number of methoxy groups -OCH3 is 1. The summed E-state index contributed by atoms with van der Waals surface area (Å²) in [4.78, 5) is 12.5. The van der Waals surface area contributed by atoms with Crippen molar-refractivity contribution in [3.63, 3.8) is 0 Å². The number of hydrogen-bond donors (Lipinski definition) is 1. The topological polar surface area (TPSA) is 56.8 Å². The lowest BCUT2D eigenvalue weighted by Crippen LogP contribution is -2.33. The van der Waals surface area contributed by atoms with Gasteiger partial charge in [-0.25, -0.2) is 0 Å². The van der Waals surface area contributed by atoms with Crippen LogP contribution >= 0.6 is 0 Å². The molecule has 2 aromatic rings. The number of rotatable bonds is 4. The number of amides is 1. The van der Waals surface area contributed by atoms with Gasteiger partial charge >= 0.3 is 0 Å². The number of benzene rings is 2. The number of para-hydroxylation sites is 1. The van der Waals surface area contributed by atoms with Crippen LogP contribution < -0.4 is 19.5 Å². The average molecular weight is 438 g/mol. The predicted octanol–water partition coefficient (Wildman–Crippen LogP) is 6.15. The molecule has 1 aliphatic heterocycles. The van der Waals surface area contributed by atoms with E-state index in [2.05, 4.69) is 5.32 Å². The Morgan fingerprint density at radius 2 is 1.66 bits per heavy atom. The lowest BCUT2D eigenvalue weighted by molar-refractivity contribution is -0.122. The number of hydrogen-bond acceptors (Lipinski definition) is 4. The molecule has 1 heterocycles. The van der Waals surface area contributed by atoms with Crippen molar-refractivity contribution in [3.8, 4) is 17.2 Å². The van der Waals surface area contributed by atoms with Crippen LogP contribution in [0.25, 0.3) is 0 Å². The molecule has 0 bridgehead atoms. The highest BCUT2D eigenvalue weighted by atomic mass is 16.7. The minimum atomic E-state index is -0.385. The van der Waals surface area contributed by atoms with Crippen LogP contribution in [0.1, 0.15) is 52.5 Å². The number of nitrogens with one attached hydrogen (secondary N) is 1. The largest absolute Gasteiger partial charge is 0.497 e. The number of ether oxygens (including phenoxy) is 3. The van der Waals surface area contributed by atoms with Gasteiger partial charge in [0, 0.05) is 12.1 Å². The quantitative estimate of drug-likeness (QED) is 0.623. The molecule has 1 saturated carbocycles. The van der Waals surface area contributed by atoms with Gasteiger partial charge in [0.25, 0.3) is 0 Å². The zero-order valence-electron chi connectivity index (χ0n) is 19.8. The van der Waals surface area contributed by atoms with E-state index in [0.717, 1.165) is 47.8 Å². The maximum absolute atomic E-state index is 12.5. The second kappa shape index (κ2) is 12.6. The average Bonchev–Trinajstić information content (AvgIpc) is 3.27. The van der Waals surface area contributed by atoms with Crippen molar-refractivity contribution in [2.24, 2.45) is 0 Å². The first kappa shape index (κ1) is 25.1. The maximum atomic E-state index is 12.5. The zero-order chi connectivity index (χ0) is 23.4. The molecule has 2 aliphatic carbocycles. The highest BCUT2D eigenvalue weighted by Gasteiger charge is 2.51. The first-order valence-electron chi connectivity index (χ1n) is 11.4. The third-order valence-corrected chi connectivity index (χ3v) is 5.13. The molecular weight excluding hydrogens is 402 g/mol. The van der Waals surface area contributed by atoms with E-state index < -0.39 is 0 Å². The highest BCUT2D eigenvalue weighted by Crippen LogP contribution is 2.50. The van der Waals surface area contributed by atoms with E-state index in [1.54, 1.807) is 7.11 Å². The van der Waals surface area contributed by atoms with Crippen LogP contribution in [0, 0.1) is 0 Å². The molecule has 0 radical (unpaired) electrons. The van der Waals surface area contributed by atoms with Crippen molar-refractivity contribution in [1.29, 1.82) is 0 Å². The summed E-state index contributed by atoms with van der Waals surface area (Å²) in [7, 11) is 1.66. The van der Waals surface area contributed by atoms with Crippen molar-refractivity contribution < 1.29 is 19.0 Å². The first-order valence-corrected chi connectivity index (χ1v) is 11.4. The van der Waals surface area contributed by atoms with E-state index in [9.17, 15) is 4.79 Å². The van der Waals surface area contributed by atoms with Crippen LogP contribution in [0.5, 0.6) is 17.2 Å². The first-order chi connectivity index (χ1) is 15.7. The lowest BCUT2D eigenvalue weighted by atomic mass is 9.94. The van der Waals surface area contributed by atoms with Gasteiger partial charge in [-0.2, -0.15) is 0 Å². The molecule has 172 valence electrons. The standard InChI is InChI=1S/C16H15NO3.C7H8O.2C2H6/c18-15(17-12-3-1-2-4-12)16(7-8-16)11-5-6-13-14(9-11)20-10-19-13;1-8-7-5-3-2-4-6-7;2*1-2/h1-3,5-6,9H,4,7-8,10H2,(H,17,18);2-6H,1H3;2*1-2H3. The van der Waals surface area contributed by atoms with E-state index >= 15 is 0 Å². The van der Waals surface area contributed by atoms with Crippen molar-refractivity contribution in [1.82, 2.24) is 5.32 Å². The van der Waals surface area contributed by atoms with Crippen molar-refractivity contribution >= 4 is 5.91 Å². The van der Waals surface area contributed by atoms with Crippen LogP contribution in [0.15, 0.2) is 72.5 Å². The molecule has 0 aromatic heterocycles. The molecule has 5 heteroatoms. The third-order valence-electron chi connectivity index (χ3n) is 5.13. The molecule has 1 N–H and O–H groups in total. The van der Waals surface area contributed by atoms with Gasteiger partial charge < -0.3 is 19.5 Å². The predicted molar refractivity (Wildman–Crippen MR) is 129 cm³/mol. The van der Waals surface area contributed by atoms with E-state index in [1.807, 2.05) is 94.5 Å². The number of carbonyl (C=O) groups is 1. The molecule has 5 nitrogen and oxygen atoms in total. The maximum Gasteiger partial charge on any atom is 0.234 e. The normalized spacial score (nSPS) is 15.5. The van der Waals surface area contributed by atoms with E-state index in [-0.39, 0.29) is 18.1 Å². The van der Waals surface area contributed by atoms with Gasteiger partial charge in [0.05, 0.1) is 12.5 Å². The van der Waals surface area contributed by atoms with Crippen molar-refractivity contribution in [2.45, 2.75) is 52.4 Å². The summed E-state index contributed by atoms with van der Waals surface area (Å²) in [5.41, 5.74) is 1.61. The van der Waals surface area contributed by atoms with Crippen LogP contribution in [-0.2, 0) is 10.2 Å². The Morgan fingerprint density at radius 3 is 2.22 bits per heavy atom. The number of fused-ring (bicyclic) bond motifs is 1. The Bertz CT molecular complexity index is 915. The van der Waals surface area contributed by atoms with Crippen LogP contribution in [0.4, 0.5) is 0 Å². The molecule has 0 atom stereocenters. The zero-order valence-corrected chi connectivity index (χ0v) is 19.8. The molecule has 32 heavy (non-hydrogen) atoms. The van der Waals surface area contributed by atoms with E-state index in [0.29, 0.717) is 0 Å². The van der Waals surface area contributed by atoms with Gasteiger partial charge in [-0.3, -0.25) is 4.79 Å². The summed E-state index contributed by atoms with van der Waals surface area (Å²) >= 11 is 0. The van der Waals surface area contributed by atoms with Gasteiger partial charge in [-0.15, -0.1) is 0 Å². The van der Waals surface area contributed by atoms with Gasteiger partial charge in [0.15, 0.2) is 11.5 Å². The van der Waals surface area contributed by atoms with Crippen molar-refractivity contribution in [3.05, 3.63) is 78.0 Å². The summed E-state index contributed by atoms with van der Waals surface area (Å²) in [6, 6.07) is 15.5. The summed E-state index contributed by atoms with van der Waals surface area (Å²) in [6.07, 6.45) is 8.54. The molecule has 0 unspecified atom stereocenters. The Labute approximate surface area is 192 Å². The van der Waals surface area contributed by atoms with Crippen LogP contribution in [0.2, 0.25) is 0 Å². The van der Waals surface area contributed by atoms with E-state index in [1.165, 1.54) is 0 Å². The molecule has 2 aromatic carbocycles. The summed E-state index contributed by atoms with van der Waals surface area (Å²) in [5.74, 6) is 2.50. The Balaban J connectivity index is 0.000000255. The minimum Gasteiger partial charge on any atom is -0.497 e. The van der Waals surface area contributed by atoms with Gasteiger partial charge in [0.2, 0.25) is 12.7 Å². The molecule has 5 rings (SSSR count). The monoisotopic (exact) mass is 437 g/mol. The van der Waals surface area contributed by atoms with E-state index in [4.69, 9.17) is 14.2 Å². The Kier molecular flexibility index (Phi) is 9.86. The molecule has 1 amide bonds. The molecule has 0 saturated heterocycles. The Morgan fingerprint density at radius 1 is 0.969 bits per heavy atom. The smallest absolute Gasteiger partial charge is 0.234 e. The SMILES string of the molecule is CC.CC.COc1ccccc1.O=C(NC1=CC=CC1)C1(c2ccc3c(c2)OCO3)CC1. The number of allylic oxidation sites excluding steroid dienone is 3. The summed E-state index contributed by atoms with van der Waals surface area (Å²) in [6.45, 7) is 8.26. The fourth-order valence-corrected chi connectivity index (χ4v) is 3.33. The fraction of sp³-hybridized carbons (Fsp3) is 0.370. The second-order valence-corrected chi connectivity index (χ2v) is 6.95. The van der Waals surface area contributed by atoms with Gasteiger partial charge in [-0.05, 0) is 48.7 Å². The molecule has 0 spiro atoms. The van der Waals surface area contributed by atoms with Gasteiger partial charge in [-0.1, -0.05) is 64.1 Å². The minimum absolute atomic E-state index is 0.0892. The highest BCUT2D eigenvalue weighted by molar-refractivity contribution is 5.92. The lowest BCUT2D eigenvalue weighted by Gasteiger charge is -2.16. The molecular formula is C27H35NO4. The fourth-order valence-electron chi connectivity index (χ4n) is 3.33. The summed E-state index contributed by atoms with van der Waals surface area (Å²) in [5, 5.41) is 3.04. The third kappa shape index (κ3) is 6.16. The molecule has 1 fully saturated rings. The molecule has 3 aliphatic rings. The van der Waals surface area contributed by atoms with Crippen LogP contribution in [0.3, 0.4) is 0 Å². The second-order valence-electron chi connectivity index (χ2n) is 6.95. The van der Waals surface area contributed by atoms with Gasteiger partial charge in [0.1, 0.15) is 5.75 Å². The number of carbonyl (C=O) groups excluding carboxylic acids is 1. The summed E-state index contributed by atoms with van der Waals surface area (Å²) < 4.78 is 15.6.